The molecule has 0 amide bonds. The number of nitrogens with zero attached hydrogens (tertiary/aromatic N) is 1. The summed E-state index contributed by atoms with van der Waals surface area (Å²) < 4.78 is 11.8. The zero-order chi connectivity index (χ0) is 19.0. The Morgan fingerprint density at radius 2 is 1.48 bits per heavy atom. The van der Waals surface area contributed by atoms with Crippen LogP contribution in [0, 0.1) is 16.7 Å². The summed E-state index contributed by atoms with van der Waals surface area (Å²) in [5.74, 6) is 1.65. The lowest BCUT2D eigenvalue weighted by Crippen LogP contribution is -2.64. The first-order valence-corrected chi connectivity index (χ1v) is 10.3. The number of rotatable bonds is 2. The van der Waals surface area contributed by atoms with Crippen molar-refractivity contribution in [1.29, 1.82) is 0 Å². The third kappa shape index (κ3) is 4.91. The maximum Gasteiger partial charge on any atom is 0.311 e. The summed E-state index contributed by atoms with van der Waals surface area (Å²) in [6.07, 6.45) is -0.799. The molecule has 0 bridgehead atoms. The molecule has 0 saturated carbocycles. The van der Waals surface area contributed by atoms with Crippen molar-refractivity contribution in [2.75, 3.05) is 24.6 Å². The van der Waals surface area contributed by atoms with E-state index >= 15 is 0 Å². The lowest BCUT2D eigenvalue weighted by molar-refractivity contribution is -0.196. The number of thioether (sulfide) groups is 1. The highest BCUT2D eigenvalue weighted by atomic mass is 32.2. The smallest absolute Gasteiger partial charge is 0.311 e. The molecule has 6 heteroatoms. The summed E-state index contributed by atoms with van der Waals surface area (Å²) in [6.45, 7) is 15.0. The molecular formula is C19H33NO4S. The fourth-order valence-electron chi connectivity index (χ4n) is 3.13. The first-order chi connectivity index (χ1) is 11.4. The highest BCUT2D eigenvalue weighted by Gasteiger charge is 2.48. The van der Waals surface area contributed by atoms with Gasteiger partial charge in [-0.25, -0.2) is 0 Å². The van der Waals surface area contributed by atoms with Crippen molar-refractivity contribution < 1.29 is 19.1 Å². The van der Waals surface area contributed by atoms with Gasteiger partial charge in [-0.15, -0.1) is 0 Å². The zero-order valence-corrected chi connectivity index (χ0v) is 17.4. The normalized spacial score (nSPS) is 31.2. The Balaban J connectivity index is 2.25. The topological polar surface area (TPSA) is 55.8 Å². The van der Waals surface area contributed by atoms with Crippen LogP contribution in [-0.4, -0.2) is 59.7 Å². The fraction of sp³-hybridized carbons (Fsp3) is 0.895. The van der Waals surface area contributed by atoms with E-state index in [2.05, 4.69) is 11.8 Å². The number of ether oxygens (including phenoxy) is 2. The summed E-state index contributed by atoms with van der Waals surface area (Å²) in [7, 11) is 0. The molecule has 2 aliphatic rings. The molecular weight excluding hydrogens is 338 g/mol. The average Bonchev–Trinajstić information content (AvgIpc) is 2.48. The predicted octanol–water partition coefficient (Wildman–Crippen LogP) is 2.97. The molecule has 5 nitrogen and oxygen atoms in total. The Labute approximate surface area is 156 Å². The van der Waals surface area contributed by atoms with Gasteiger partial charge in [0.1, 0.15) is 6.10 Å². The number of piperidine rings is 1. The molecule has 0 radical (unpaired) electrons. The summed E-state index contributed by atoms with van der Waals surface area (Å²) in [5.41, 5.74) is -1.15. The maximum atomic E-state index is 12.6. The third-order valence-corrected chi connectivity index (χ3v) is 5.83. The lowest BCUT2D eigenvalue weighted by atomic mass is 9.87. The van der Waals surface area contributed by atoms with Crippen LogP contribution in [0.3, 0.4) is 0 Å². The van der Waals surface area contributed by atoms with Crippen LogP contribution in [0.4, 0.5) is 0 Å². The van der Waals surface area contributed by atoms with Crippen LogP contribution in [0.5, 0.6) is 0 Å². The summed E-state index contributed by atoms with van der Waals surface area (Å²) in [4.78, 5) is 27.4. The molecule has 144 valence electrons. The summed E-state index contributed by atoms with van der Waals surface area (Å²) in [6, 6.07) is 0.110. The van der Waals surface area contributed by atoms with Crippen molar-refractivity contribution in [1.82, 2.24) is 4.90 Å². The Bertz CT molecular complexity index is 509. The zero-order valence-electron chi connectivity index (χ0n) is 16.6. The SMILES string of the molecule is C[C@H]1CN2CCSC[C@H]2[C@H](OC(=O)C(C)(C)C)[C@@H]1OC(=O)C(C)(C)C. The molecule has 2 heterocycles. The van der Waals surface area contributed by atoms with Crippen molar-refractivity contribution >= 4 is 23.7 Å². The maximum absolute atomic E-state index is 12.6. The standard InChI is InChI=1S/C19H33NO4S/c1-12-10-20-8-9-25-11-13(20)15(24-17(22)19(5,6)7)14(12)23-16(21)18(2,3)4/h12-15H,8-11H2,1-7H3/t12-,13-,14+,15-/m0/s1. The van der Waals surface area contributed by atoms with Crippen molar-refractivity contribution in [3.8, 4) is 0 Å². The molecule has 0 unspecified atom stereocenters. The van der Waals surface area contributed by atoms with Crippen LogP contribution in [0.25, 0.3) is 0 Å². The molecule has 2 fully saturated rings. The van der Waals surface area contributed by atoms with Gasteiger partial charge in [-0.1, -0.05) is 6.92 Å². The second-order valence-electron chi connectivity index (χ2n) is 9.35. The third-order valence-electron chi connectivity index (χ3n) is 4.78. The van der Waals surface area contributed by atoms with E-state index in [-0.39, 0.29) is 23.9 Å². The van der Waals surface area contributed by atoms with Crippen molar-refractivity contribution in [2.24, 2.45) is 16.7 Å². The van der Waals surface area contributed by atoms with Gasteiger partial charge in [0.15, 0.2) is 6.10 Å². The monoisotopic (exact) mass is 371 g/mol. The van der Waals surface area contributed by atoms with Crippen LogP contribution >= 0.6 is 11.8 Å². The van der Waals surface area contributed by atoms with E-state index in [0.29, 0.717) is 0 Å². The van der Waals surface area contributed by atoms with E-state index in [9.17, 15) is 9.59 Å². The number of hydrogen-bond donors (Lipinski definition) is 0. The van der Waals surface area contributed by atoms with Crippen molar-refractivity contribution in [2.45, 2.75) is 66.7 Å². The second-order valence-corrected chi connectivity index (χ2v) is 10.5. The van der Waals surface area contributed by atoms with Gasteiger partial charge in [-0.3, -0.25) is 14.5 Å². The van der Waals surface area contributed by atoms with Gasteiger partial charge < -0.3 is 9.47 Å². The van der Waals surface area contributed by atoms with E-state index < -0.39 is 23.0 Å². The van der Waals surface area contributed by atoms with E-state index in [1.807, 2.05) is 53.3 Å². The summed E-state index contributed by atoms with van der Waals surface area (Å²) in [5, 5.41) is 0. The number of hydrogen-bond acceptors (Lipinski definition) is 6. The van der Waals surface area contributed by atoms with Gasteiger partial charge in [-0.05, 0) is 41.5 Å². The first-order valence-electron chi connectivity index (χ1n) is 9.15. The molecule has 4 atom stereocenters. The van der Waals surface area contributed by atoms with Crippen molar-refractivity contribution in [3.05, 3.63) is 0 Å². The number of carbonyl (C=O) groups excluding carboxylic acids is 2. The first kappa shape index (κ1) is 20.6. The lowest BCUT2D eigenvalue weighted by Gasteiger charge is -2.49. The van der Waals surface area contributed by atoms with Crippen LogP contribution in [0.15, 0.2) is 0 Å². The van der Waals surface area contributed by atoms with E-state index in [1.54, 1.807) is 0 Å². The minimum Gasteiger partial charge on any atom is -0.458 e. The fourth-order valence-corrected chi connectivity index (χ4v) is 4.30. The second kappa shape index (κ2) is 7.47. The van der Waals surface area contributed by atoms with Gasteiger partial charge in [0, 0.05) is 30.5 Å². The van der Waals surface area contributed by atoms with E-state index in [4.69, 9.17) is 9.47 Å². The minimum absolute atomic E-state index is 0.110. The molecule has 2 rings (SSSR count). The highest BCUT2D eigenvalue weighted by Crippen LogP contribution is 2.34. The molecule has 2 aliphatic heterocycles. The molecule has 0 N–H and O–H groups in total. The summed E-state index contributed by atoms with van der Waals surface area (Å²) >= 11 is 1.87. The molecule has 0 aromatic heterocycles. The Morgan fingerprint density at radius 3 is 2.00 bits per heavy atom. The van der Waals surface area contributed by atoms with Gasteiger partial charge in [0.25, 0.3) is 0 Å². The Kier molecular flexibility index (Phi) is 6.14. The van der Waals surface area contributed by atoms with Gasteiger partial charge in [0.2, 0.25) is 0 Å². The molecule has 0 aliphatic carbocycles. The van der Waals surface area contributed by atoms with Crippen LogP contribution < -0.4 is 0 Å². The molecule has 0 spiro atoms. The van der Waals surface area contributed by atoms with Crippen LogP contribution in [0.2, 0.25) is 0 Å². The largest absolute Gasteiger partial charge is 0.458 e. The highest BCUT2D eigenvalue weighted by molar-refractivity contribution is 7.99. The van der Waals surface area contributed by atoms with Crippen LogP contribution in [-0.2, 0) is 19.1 Å². The minimum atomic E-state index is -0.577. The van der Waals surface area contributed by atoms with Gasteiger partial charge in [-0.2, -0.15) is 11.8 Å². The van der Waals surface area contributed by atoms with Gasteiger partial charge >= 0.3 is 11.9 Å². The predicted molar refractivity (Wildman–Crippen MR) is 101 cm³/mol. The number of fused-ring (bicyclic) bond motifs is 1. The number of carbonyl (C=O) groups is 2. The Hall–Kier alpha value is -0.750. The van der Waals surface area contributed by atoms with E-state index in [1.165, 1.54) is 0 Å². The van der Waals surface area contributed by atoms with Crippen LogP contribution in [0.1, 0.15) is 48.5 Å². The molecule has 25 heavy (non-hydrogen) atoms. The molecule has 0 aromatic rings. The van der Waals surface area contributed by atoms with Crippen molar-refractivity contribution in [3.63, 3.8) is 0 Å². The molecule has 0 aromatic carbocycles. The quantitative estimate of drug-likeness (QED) is 0.696. The average molecular weight is 372 g/mol. The molecule has 2 saturated heterocycles. The Morgan fingerprint density at radius 1 is 0.960 bits per heavy atom. The number of esters is 2. The van der Waals surface area contributed by atoms with E-state index in [0.717, 1.165) is 24.6 Å². The van der Waals surface area contributed by atoms with Gasteiger partial charge in [0.05, 0.1) is 16.9 Å².